The second-order valence-electron chi connectivity index (χ2n) is 7.23. The standard InChI is InChI=1S/C20H26FN7.HI/c1-4-23-20(24-11-15-9-14(10-22)5-7-17(15)21)25-16-6-8-18-26-27-19(13(2)3)28(18)12-16;/h5,7,9,13,16H,4,6,8,11-12H2,1-3H3,(H2,23,24,25);1H. The molecule has 2 aromatic rings. The van der Waals surface area contributed by atoms with Gasteiger partial charge in [-0.2, -0.15) is 5.26 Å². The van der Waals surface area contributed by atoms with Crippen molar-refractivity contribution in [3.8, 4) is 6.07 Å². The van der Waals surface area contributed by atoms with Crippen molar-refractivity contribution in [3.63, 3.8) is 0 Å². The number of nitrogens with one attached hydrogen (secondary N) is 2. The number of hydrogen-bond donors (Lipinski definition) is 2. The number of aryl methyl sites for hydroxylation is 1. The minimum atomic E-state index is -0.355. The fourth-order valence-electron chi connectivity index (χ4n) is 3.34. The van der Waals surface area contributed by atoms with Crippen molar-refractivity contribution in [2.75, 3.05) is 6.54 Å². The maximum atomic E-state index is 14.0. The van der Waals surface area contributed by atoms with Gasteiger partial charge in [0, 0.05) is 37.0 Å². The predicted molar refractivity (Wildman–Crippen MR) is 121 cm³/mol. The molecule has 0 aliphatic carbocycles. The van der Waals surface area contributed by atoms with E-state index in [4.69, 9.17) is 5.26 Å². The van der Waals surface area contributed by atoms with Crippen molar-refractivity contribution in [1.82, 2.24) is 25.4 Å². The summed E-state index contributed by atoms with van der Waals surface area (Å²) in [5.41, 5.74) is 0.835. The van der Waals surface area contributed by atoms with Crippen molar-refractivity contribution >= 4 is 29.9 Å². The molecule has 9 heteroatoms. The van der Waals surface area contributed by atoms with Gasteiger partial charge in [0.25, 0.3) is 0 Å². The van der Waals surface area contributed by atoms with Gasteiger partial charge in [0.1, 0.15) is 17.5 Å². The van der Waals surface area contributed by atoms with Crippen LogP contribution in [0.3, 0.4) is 0 Å². The number of aliphatic imine (C=N–C) groups is 1. The molecule has 2 heterocycles. The fraction of sp³-hybridized carbons (Fsp3) is 0.500. The molecule has 1 aromatic carbocycles. The van der Waals surface area contributed by atoms with E-state index in [-0.39, 0.29) is 42.4 Å². The lowest BCUT2D eigenvalue weighted by Crippen LogP contribution is -2.47. The Balaban J connectivity index is 0.00000300. The number of fused-ring (bicyclic) bond motifs is 1. The molecule has 1 atom stereocenters. The highest BCUT2D eigenvalue weighted by Crippen LogP contribution is 2.20. The number of aromatic nitrogens is 3. The summed E-state index contributed by atoms with van der Waals surface area (Å²) in [5, 5.41) is 24.3. The summed E-state index contributed by atoms with van der Waals surface area (Å²) < 4.78 is 16.2. The van der Waals surface area contributed by atoms with Gasteiger partial charge in [-0.05, 0) is 31.5 Å². The van der Waals surface area contributed by atoms with Crippen LogP contribution in [0.1, 0.15) is 55.9 Å². The molecule has 3 rings (SSSR count). The van der Waals surface area contributed by atoms with Gasteiger partial charge in [-0.1, -0.05) is 13.8 Å². The molecule has 1 aliphatic rings. The highest BCUT2D eigenvalue weighted by atomic mass is 127. The fourth-order valence-corrected chi connectivity index (χ4v) is 3.34. The molecule has 0 saturated carbocycles. The van der Waals surface area contributed by atoms with E-state index in [9.17, 15) is 4.39 Å². The van der Waals surface area contributed by atoms with Crippen LogP contribution in [0, 0.1) is 17.1 Å². The van der Waals surface area contributed by atoms with Gasteiger partial charge in [0.2, 0.25) is 0 Å². The van der Waals surface area contributed by atoms with E-state index in [0.29, 0.717) is 29.5 Å². The summed E-state index contributed by atoms with van der Waals surface area (Å²) in [6.07, 6.45) is 1.79. The van der Waals surface area contributed by atoms with E-state index in [2.05, 4.69) is 44.2 Å². The first kappa shape index (κ1) is 23.1. The van der Waals surface area contributed by atoms with Gasteiger partial charge in [-0.25, -0.2) is 9.38 Å². The molecule has 1 aliphatic heterocycles. The zero-order chi connectivity index (χ0) is 20.1. The Morgan fingerprint density at radius 1 is 1.41 bits per heavy atom. The Kier molecular flexibility index (Phi) is 8.37. The number of halogens is 2. The van der Waals surface area contributed by atoms with Crippen LogP contribution in [0.15, 0.2) is 23.2 Å². The minimum Gasteiger partial charge on any atom is -0.357 e. The van der Waals surface area contributed by atoms with Crippen molar-refractivity contribution in [3.05, 3.63) is 46.8 Å². The molecule has 0 fully saturated rings. The number of guanidine groups is 1. The second kappa shape index (κ2) is 10.5. The second-order valence-corrected chi connectivity index (χ2v) is 7.23. The summed E-state index contributed by atoms with van der Waals surface area (Å²) in [4.78, 5) is 4.52. The lowest BCUT2D eigenvalue weighted by Gasteiger charge is -2.27. The van der Waals surface area contributed by atoms with Gasteiger partial charge >= 0.3 is 0 Å². The first-order valence-corrected chi connectivity index (χ1v) is 9.67. The largest absolute Gasteiger partial charge is 0.357 e. The van der Waals surface area contributed by atoms with E-state index in [1.54, 1.807) is 6.07 Å². The monoisotopic (exact) mass is 511 g/mol. The van der Waals surface area contributed by atoms with Gasteiger partial charge < -0.3 is 15.2 Å². The zero-order valence-corrected chi connectivity index (χ0v) is 19.3. The zero-order valence-electron chi connectivity index (χ0n) is 16.9. The lowest BCUT2D eigenvalue weighted by molar-refractivity contribution is 0.407. The summed E-state index contributed by atoms with van der Waals surface area (Å²) in [7, 11) is 0. The molecule has 29 heavy (non-hydrogen) atoms. The molecule has 1 unspecified atom stereocenters. The van der Waals surface area contributed by atoms with Gasteiger partial charge in [0.15, 0.2) is 5.96 Å². The first-order valence-electron chi connectivity index (χ1n) is 9.67. The normalized spacial score (nSPS) is 16.0. The molecule has 0 amide bonds. The van der Waals surface area contributed by atoms with E-state index in [0.717, 1.165) is 31.0 Å². The topological polar surface area (TPSA) is 90.9 Å². The maximum Gasteiger partial charge on any atom is 0.191 e. The average molecular weight is 511 g/mol. The van der Waals surface area contributed by atoms with Crippen molar-refractivity contribution in [2.45, 2.75) is 58.7 Å². The number of nitrogens with zero attached hydrogens (tertiary/aromatic N) is 5. The number of nitriles is 1. The molecule has 1 aromatic heterocycles. The minimum absolute atomic E-state index is 0. The third-order valence-electron chi connectivity index (χ3n) is 4.76. The molecular formula is C20H27FIN7. The van der Waals surface area contributed by atoms with Crippen LogP contribution in [-0.2, 0) is 19.5 Å². The third kappa shape index (κ3) is 5.65. The van der Waals surface area contributed by atoms with Crippen LogP contribution in [0.4, 0.5) is 4.39 Å². The molecule has 7 nitrogen and oxygen atoms in total. The lowest BCUT2D eigenvalue weighted by atomic mass is 10.1. The van der Waals surface area contributed by atoms with Crippen molar-refractivity contribution < 1.29 is 4.39 Å². The maximum absolute atomic E-state index is 14.0. The van der Waals surface area contributed by atoms with Crippen molar-refractivity contribution in [2.24, 2.45) is 4.99 Å². The first-order chi connectivity index (χ1) is 13.5. The van der Waals surface area contributed by atoms with Crippen LogP contribution in [0.2, 0.25) is 0 Å². The summed E-state index contributed by atoms with van der Waals surface area (Å²) in [5.74, 6) is 2.62. The van der Waals surface area contributed by atoms with E-state index >= 15 is 0 Å². The number of benzene rings is 1. The van der Waals surface area contributed by atoms with Gasteiger partial charge in [0.05, 0.1) is 18.2 Å². The van der Waals surface area contributed by atoms with Crippen LogP contribution < -0.4 is 10.6 Å². The number of rotatable bonds is 5. The Hall–Kier alpha value is -2.22. The molecular weight excluding hydrogens is 484 g/mol. The molecule has 0 spiro atoms. The van der Waals surface area contributed by atoms with Crippen molar-refractivity contribution in [1.29, 1.82) is 5.26 Å². The summed E-state index contributed by atoms with van der Waals surface area (Å²) >= 11 is 0. The van der Waals surface area contributed by atoms with Crippen LogP contribution in [0.5, 0.6) is 0 Å². The molecule has 0 bridgehead atoms. The molecule has 2 N–H and O–H groups in total. The van der Waals surface area contributed by atoms with Crippen LogP contribution >= 0.6 is 24.0 Å². The van der Waals surface area contributed by atoms with Crippen LogP contribution in [-0.4, -0.2) is 33.3 Å². The SMILES string of the molecule is CCNC(=NCc1cc(C#N)ccc1F)NC1CCc2nnc(C(C)C)n2C1.I. The summed E-state index contributed by atoms with van der Waals surface area (Å²) in [6.45, 7) is 7.86. The summed E-state index contributed by atoms with van der Waals surface area (Å²) in [6, 6.07) is 6.55. The van der Waals surface area contributed by atoms with E-state index in [1.165, 1.54) is 12.1 Å². The van der Waals surface area contributed by atoms with E-state index in [1.807, 2.05) is 13.0 Å². The van der Waals surface area contributed by atoms with Crippen LogP contribution in [0.25, 0.3) is 0 Å². The predicted octanol–water partition coefficient (Wildman–Crippen LogP) is 3.10. The molecule has 0 radical (unpaired) electrons. The van der Waals surface area contributed by atoms with E-state index < -0.39 is 0 Å². The Labute approximate surface area is 187 Å². The Bertz CT molecular complexity index is 901. The highest BCUT2D eigenvalue weighted by Gasteiger charge is 2.24. The smallest absolute Gasteiger partial charge is 0.191 e. The Morgan fingerprint density at radius 3 is 2.90 bits per heavy atom. The Morgan fingerprint density at radius 2 is 2.21 bits per heavy atom. The number of hydrogen-bond acceptors (Lipinski definition) is 4. The molecule has 156 valence electrons. The quantitative estimate of drug-likeness (QED) is 0.366. The third-order valence-corrected chi connectivity index (χ3v) is 4.76. The highest BCUT2D eigenvalue weighted by molar-refractivity contribution is 14.0. The average Bonchev–Trinajstić information content (AvgIpc) is 3.11. The molecule has 0 saturated heterocycles. The van der Waals surface area contributed by atoms with Gasteiger partial charge in [-0.15, -0.1) is 34.2 Å². The van der Waals surface area contributed by atoms with Gasteiger partial charge in [-0.3, -0.25) is 0 Å².